The fourth-order valence-electron chi connectivity index (χ4n) is 1.99. The number of nitrogens with zero attached hydrogens (tertiary/aromatic N) is 1. The molecule has 6 heteroatoms. The lowest BCUT2D eigenvalue weighted by molar-refractivity contribution is -0.144. The molecule has 0 aromatic rings. The van der Waals surface area contributed by atoms with Crippen LogP contribution < -0.4 is 5.32 Å². The molecular weight excluding hydrogens is 248 g/mol. The van der Waals surface area contributed by atoms with Crippen molar-refractivity contribution >= 4 is 11.9 Å². The zero-order valence-corrected chi connectivity index (χ0v) is 11.8. The summed E-state index contributed by atoms with van der Waals surface area (Å²) >= 11 is 0. The lowest BCUT2D eigenvalue weighted by atomic mass is 10.1. The molecule has 0 saturated carbocycles. The Labute approximate surface area is 114 Å². The molecule has 1 rings (SSSR count). The molecule has 0 bridgehead atoms. The average molecular weight is 272 g/mol. The Morgan fingerprint density at radius 2 is 1.95 bits per heavy atom. The van der Waals surface area contributed by atoms with E-state index in [1.807, 2.05) is 6.92 Å². The molecule has 0 aromatic heterocycles. The molecule has 1 amide bonds. The maximum absolute atomic E-state index is 11.9. The van der Waals surface area contributed by atoms with Gasteiger partial charge in [-0.1, -0.05) is 6.92 Å². The first-order valence-electron chi connectivity index (χ1n) is 6.90. The summed E-state index contributed by atoms with van der Waals surface area (Å²) in [5, 5.41) is 2.98. The molecule has 1 aliphatic rings. The van der Waals surface area contributed by atoms with Crippen molar-refractivity contribution in [2.24, 2.45) is 0 Å². The van der Waals surface area contributed by atoms with E-state index < -0.39 is 0 Å². The van der Waals surface area contributed by atoms with Crippen LogP contribution in [0.25, 0.3) is 0 Å². The largest absolute Gasteiger partial charge is 0.465 e. The second kappa shape index (κ2) is 8.87. The van der Waals surface area contributed by atoms with Gasteiger partial charge in [0.25, 0.3) is 0 Å². The summed E-state index contributed by atoms with van der Waals surface area (Å²) in [5.41, 5.74) is 0. The van der Waals surface area contributed by atoms with Crippen molar-refractivity contribution in [1.29, 1.82) is 0 Å². The van der Waals surface area contributed by atoms with E-state index in [-0.39, 0.29) is 31.0 Å². The van der Waals surface area contributed by atoms with Crippen molar-refractivity contribution < 1.29 is 19.1 Å². The highest BCUT2D eigenvalue weighted by Gasteiger charge is 2.18. The van der Waals surface area contributed by atoms with Crippen molar-refractivity contribution in [2.75, 3.05) is 39.5 Å². The second-order valence-corrected chi connectivity index (χ2v) is 4.56. The first-order valence-corrected chi connectivity index (χ1v) is 6.90. The number of carbonyl (C=O) groups excluding carboxylic acids is 2. The Bertz CT molecular complexity index is 290. The minimum absolute atomic E-state index is 0.0435. The average Bonchev–Trinajstić information content (AvgIpc) is 2.39. The van der Waals surface area contributed by atoms with Crippen molar-refractivity contribution in [3.05, 3.63) is 0 Å². The lowest BCUT2D eigenvalue weighted by Gasteiger charge is -2.25. The second-order valence-electron chi connectivity index (χ2n) is 4.56. The van der Waals surface area contributed by atoms with Gasteiger partial charge in [0.1, 0.15) is 0 Å². The summed E-state index contributed by atoms with van der Waals surface area (Å²) < 4.78 is 10.1. The monoisotopic (exact) mass is 272 g/mol. The molecule has 1 fully saturated rings. The Morgan fingerprint density at radius 1 is 1.26 bits per heavy atom. The van der Waals surface area contributed by atoms with Crippen LogP contribution >= 0.6 is 0 Å². The predicted octanol–water partition coefficient (Wildman–Crippen LogP) is 0.167. The van der Waals surface area contributed by atoms with E-state index in [0.717, 1.165) is 12.8 Å². The lowest BCUT2D eigenvalue weighted by Crippen LogP contribution is -2.45. The van der Waals surface area contributed by atoms with Gasteiger partial charge in [0, 0.05) is 19.3 Å². The van der Waals surface area contributed by atoms with Crippen molar-refractivity contribution in [3.8, 4) is 0 Å². The van der Waals surface area contributed by atoms with E-state index in [4.69, 9.17) is 9.47 Å². The van der Waals surface area contributed by atoms with Crippen LogP contribution in [0.15, 0.2) is 0 Å². The minimum atomic E-state index is -0.289. The maximum Gasteiger partial charge on any atom is 0.320 e. The first kappa shape index (κ1) is 15.9. The smallest absolute Gasteiger partial charge is 0.320 e. The van der Waals surface area contributed by atoms with E-state index >= 15 is 0 Å². The molecule has 0 atom stereocenters. The summed E-state index contributed by atoms with van der Waals surface area (Å²) in [7, 11) is 0. The van der Waals surface area contributed by atoms with E-state index in [1.165, 1.54) is 0 Å². The van der Waals surface area contributed by atoms with Crippen molar-refractivity contribution in [2.45, 2.75) is 32.7 Å². The third kappa shape index (κ3) is 6.54. The van der Waals surface area contributed by atoms with E-state index in [2.05, 4.69) is 5.32 Å². The van der Waals surface area contributed by atoms with Gasteiger partial charge in [-0.15, -0.1) is 0 Å². The molecule has 1 saturated heterocycles. The quantitative estimate of drug-likeness (QED) is 0.669. The summed E-state index contributed by atoms with van der Waals surface area (Å²) in [6, 6.07) is 0.197. The zero-order valence-electron chi connectivity index (χ0n) is 11.8. The molecule has 19 heavy (non-hydrogen) atoms. The highest BCUT2D eigenvalue weighted by molar-refractivity contribution is 5.79. The Kier molecular flexibility index (Phi) is 7.43. The number of likely N-dealkylation sites (N-methyl/N-ethyl adjacent to an activating group) is 1. The van der Waals surface area contributed by atoms with Crippen LogP contribution in [0.3, 0.4) is 0 Å². The molecule has 1 N–H and O–H groups in total. The van der Waals surface area contributed by atoms with E-state index in [0.29, 0.717) is 26.4 Å². The predicted molar refractivity (Wildman–Crippen MR) is 70.7 cm³/mol. The van der Waals surface area contributed by atoms with Gasteiger partial charge in [-0.05, 0) is 26.3 Å². The van der Waals surface area contributed by atoms with Crippen LogP contribution in [0.5, 0.6) is 0 Å². The van der Waals surface area contributed by atoms with E-state index in [1.54, 1.807) is 11.8 Å². The van der Waals surface area contributed by atoms with Crippen LogP contribution in [0.1, 0.15) is 26.7 Å². The topological polar surface area (TPSA) is 67.9 Å². The van der Waals surface area contributed by atoms with Crippen LogP contribution in [-0.4, -0.2) is 62.3 Å². The van der Waals surface area contributed by atoms with Gasteiger partial charge in [-0.25, -0.2) is 0 Å². The van der Waals surface area contributed by atoms with Crippen molar-refractivity contribution in [1.82, 2.24) is 10.2 Å². The van der Waals surface area contributed by atoms with Gasteiger partial charge < -0.3 is 14.8 Å². The van der Waals surface area contributed by atoms with Crippen LogP contribution in [0, 0.1) is 0 Å². The SMILES string of the molecule is CCOC(=O)CN(CC)CC(=O)NC1CCOCC1. The molecule has 0 radical (unpaired) electrons. The normalized spacial score (nSPS) is 16.4. The number of hydrogen-bond donors (Lipinski definition) is 1. The maximum atomic E-state index is 11.9. The van der Waals surface area contributed by atoms with E-state index in [9.17, 15) is 9.59 Å². The molecule has 1 heterocycles. The fourth-order valence-corrected chi connectivity index (χ4v) is 1.99. The Balaban J connectivity index is 2.29. The summed E-state index contributed by atoms with van der Waals surface area (Å²) in [6.45, 7) is 6.48. The number of hydrogen-bond acceptors (Lipinski definition) is 5. The van der Waals surface area contributed by atoms with Crippen molar-refractivity contribution in [3.63, 3.8) is 0 Å². The molecular formula is C13H24N2O4. The molecule has 1 aliphatic heterocycles. The highest BCUT2D eigenvalue weighted by Crippen LogP contribution is 2.05. The number of esters is 1. The number of ether oxygens (including phenoxy) is 2. The van der Waals surface area contributed by atoms with Crippen LogP contribution in [-0.2, 0) is 19.1 Å². The molecule has 0 spiro atoms. The Morgan fingerprint density at radius 3 is 2.53 bits per heavy atom. The fraction of sp³-hybridized carbons (Fsp3) is 0.846. The van der Waals surface area contributed by atoms with Gasteiger partial charge in [0.15, 0.2) is 0 Å². The minimum Gasteiger partial charge on any atom is -0.465 e. The van der Waals surface area contributed by atoms with Gasteiger partial charge in [0.05, 0.1) is 19.7 Å². The molecule has 0 unspecified atom stereocenters. The zero-order chi connectivity index (χ0) is 14.1. The van der Waals surface area contributed by atoms with Gasteiger partial charge in [-0.3, -0.25) is 14.5 Å². The van der Waals surface area contributed by atoms with Gasteiger partial charge in [-0.2, -0.15) is 0 Å². The van der Waals surface area contributed by atoms with Crippen LogP contribution in [0.2, 0.25) is 0 Å². The molecule has 6 nitrogen and oxygen atoms in total. The van der Waals surface area contributed by atoms with Gasteiger partial charge in [0.2, 0.25) is 5.91 Å². The summed E-state index contributed by atoms with van der Waals surface area (Å²) in [5.74, 6) is -0.332. The first-order chi connectivity index (χ1) is 9.15. The third-order valence-corrected chi connectivity index (χ3v) is 3.06. The number of amides is 1. The number of nitrogens with one attached hydrogen (secondary N) is 1. The van der Waals surface area contributed by atoms with Crippen LogP contribution in [0.4, 0.5) is 0 Å². The number of carbonyl (C=O) groups is 2. The molecule has 0 aromatic carbocycles. The third-order valence-electron chi connectivity index (χ3n) is 3.06. The summed E-state index contributed by atoms with van der Waals surface area (Å²) in [4.78, 5) is 25.0. The molecule has 110 valence electrons. The molecule has 0 aliphatic carbocycles. The van der Waals surface area contributed by atoms with Gasteiger partial charge >= 0.3 is 5.97 Å². The standard InChI is InChI=1S/C13H24N2O4/c1-3-15(10-13(17)19-4-2)9-12(16)14-11-5-7-18-8-6-11/h11H,3-10H2,1-2H3,(H,14,16). The highest BCUT2D eigenvalue weighted by atomic mass is 16.5. The summed E-state index contributed by atoms with van der Waals surface area (Å²) in [6.07, 6.45) is 1.71. The number of rotatable bonds is 7. The Hall–Kier alpha value is -1.14.